The molecule has 1 saturated heterocycles. The van der Waals surface area contributed by atoms with Gasteiger partial charge in [-0.25, -0.2) is 0 Å². The summed E-state index contributed by atoms with van der Waals surface area (Å²) in [7, 11) is 0. The summed E-state index contributed by atoms with van der Waals surface area (Å²) in [5.74, 6) is 0.594. The van der Waals surface area contributed by atoms with E-state index in [0.717, 1.165) is 25.9 Å². The third-order valence-electron chi connectivity index (χ3n) is 4.95. The fraction of sp³-hybridized carbons (Fsp3) is 0.632. The van der Waals surface area contributed by atoms with Crippen LogP contribution >= 0.6 is 0 Å². The number of amides is 1. The molecule has 1 aromatic carbocycles. The number of benzene rings is 1. The van der Waals surface area contributed by atoms with Gasteiger partial charge in [-0.15, -0.1) is 0 Å². The van der Waals surface area contributed by atoms with Gasteiger partial charge in [0.05, 0.1) is 12.1 Å². The maximum atomic E-state index is 12.3. The van der Waals surface area contributed by atoms with Crippen LogP contribution in [0.5, 0.6) is 5.75 Å². The van der Waals surface area contributed by atoms with E-state index in [1.165, 1.54) is 12.1 Å². The van der Waals surface area contributed by atoms with Gasteiger partial charge in [0.25, 0.3) is 0 Å². The number of aliphatic hydroxyl groups is 1. The number of nitrogens with zero attached hydrogens (tertiary/aromatic N) is 1. The Morgan fingerprint density at radius 2 is 1.79 bits per heavy atom. The summed E-state index contributed by atoms with van der Waals surface area (Å²) in [5, 5.41) is 22.5. The molecule has 0 radical (unpaired) electrons. The molecule has 1 amide bonds. The molecule has 0 saturated carbocycles. The minimum atomic E-state index is -0.780. The number of phenolic OH excluding ortho intramolecular Hbond substituents is 1. The predicted molar refractivity (Wildman–Crippen MR) is 94.7 cm³/mol. The quantitative estimate of drug-likeness (QED) is 0.747. The Kier molecular flexibility index (Phi) is 6.63. The number of aliphatic hydroxyl groups excluding tert-OH is 1. The largest absolute Gasteiger partial charge is 0.508 e. The number of aromatic hydroxyl groups is 1. The van der Waals surface area contributed by atoms with Gasteiger partial charge in [-0.3, -0.25) is 4.79 Å². The summed E-state index contributed by atoms with van der Waals surface area (Å²) in [5.41, 5.74) is 0.686. The molecule has 134 valence electrons. The lowest BCUT2D eigenvalue weighted by molar-refractivity contribution is -0.123. The summed E-state index contributed by atoms with van der Waals surface area (Å²) >= 11 is 0. The van der Waals surface area contributed by atoms with Crippen molar-refractivity contribution in [2.45, 2.75) is 58.2 Å². The molecule has 3 N–H and O–H groups in total. The average molecular weight is 334 g/mol. The van der Waals surface area contributed by atoms with E-state index in [4.69, 9.17) is 0 Å². The second kappa shape index (κ2) is 8.49. The van der Waals surface area contributed by atoms with E-state index in [0.29, 0.717) is 23.9 Å². The van der Waals surface area contributed by atoms with E-state index in [-0.39, 0.29) is 17.7 Å². The molecular formula is C19H30N2O3. The van der Waals surface area contributed by atoms with Crippen LogP contribution in [0.2, 0.25) is 0 Å². The Morgan fingerprint density at radius 1 is 1.21 bits per heavy atom. The number of hydrogen-bond acceptors (Lipinski definition) is 4. The van der Waals surface area contributed by atoms with Crippen molar-refractivity contribution in [3.8, 4) is 5.75 Å². The number of carbonyl (C=O) groups excluding carboxylic acids is 1. The Morgan fingerprint density at radius 3 is 2.33 bits per heavy atom. The molecule has 1 aliphatic heterocycles. The lowest BCUT2D eigenvalue weighted by Crippen LogP contribution is -2.41. The van der Waals surface area contributed by atoms with Gasteiger partial charge in [0.1, 0.15) is 5.75 Å². The van der Waals surface area contributed by atoms with Crippen molar-refractivity contribution in [1.29, 1.82) is 0 Å². The van der Waals surface area contributed by atoms with E-state index in [1.54, 1.807) is 19.1 Å². The summed E-state index contributed by atoms with van der Waals surface area (Å²) in [6.45, 7) is 8.33. The van der Waals surface area contributed by atoms with Crippen LogP contribution in [0.25, 0.3) is 0 Å². The van der Waals surface area contributed by atoms with Crippen molar-refractivity contribution in [1.82, 2.24) is 10.2 Å². The highest BCUT2D eigenvalue weighted by atomic mass is 16.3. The van der Waals surface area contributed by atoms with E-state index in [1.807, 2.05) is 0 Å². The molecule has 0 unspecified atom stereocenters. The first-order chi connectivity index (χ1) is 11.4. The van der Waals surface area contributed by atoms with Gasteiger partial charge in [-0.05, 0) is 70.3 Å². The van der Waals surface area contributed by atoms with Crippen LogP contribution in [-0.2, 0) is 4.79 Å². The van der Waals surface area contributed by atoms with Crippen molar-refractivity contribution in [2.24, 2.45) is 5.92 Å². The Balaban J connectivity index is 1.78. The number of rotatable bonds is 6. The molecular weight excluding hydrogens is 304 g/mol. The number of carbonyl (C=O) groups is 1. The highest BCUT2D eigenvalue weighted by Crippen LogP contribution is 2.23. The van der Waals surface area contributed by atoms with Gasteiger partial charge < -0.3 is 20.4 Å². The number of phenols is 1. The number of likely N-dealkylation sites (tertiary alicyclic amines) is 1. The second-order valence-electron chi connectivity index (χ2n) is 7.17. The lowest BCUT2D eigenvalue weighted by atomic mass is 9.92. The lowest BCUT2D eigenvalue weighted by Gasteiger charge is -2.34. The minimum Gasteiger partial charge on any atom is -0.508 e. The third kappa shape index (κ3) is 5.21. The normalized spacial score (nSPS) is 19.2. The molecule has 5 nitrogen and oxygen atoms in total. The van der Waals surface area contributed by atoms with E-state index < -0.39 is 6.10 Å². The number of nitrogens with one attached hydrogen (secondary N) is 1. The molecule has 1 aromatic rings. The topological polar surface area (TPSA) is 72.8 Å². The van der Waals surface area contributed by atoms with Gasteiger partial charge in [-0.1, -0.05) is 12.1 Å². The molecule has 0 bridgehead atoms. The zero-order chi connectivity index (χ0) is 17.7. The van der Waals surface area contributed by atoms with Crippen LogP contribution in [0.1, 0.15) is 51.7 Å². The van der Waals surface area contributed by atoms with Gasteiger partial charge in [0.2, 0.25) is 5.91 Å². The van der Waals surface area contributed by atoms with Gasteiger partial charge in [0.15, 0.2) is 0 Å². The first-order valence-electron chi connectivity index (χ1n) is 8.87. The SMILES string of the molecule is CC(C)N1CCC(CC(=O)N[C@@H](C)[C@H](O)c2ccc(O)cc2)CC1. The molecule has 0 aliphatic carbocycles. The standard InChI is InChI=1S/C19H30N2O3/c1-13(2)21-10-8-15(9-11-21)12-18(23)20-14(3)19(24)16-4-6-17(22)7-5-16/h4-7,13-15,19,22,24H,8-12H2,1-3H3,(H,20,23)/t14-,19-/m0/s1. The number of piperidine rings is 1. The van der Waals surface area contributed by atoms with Crippen LogP contribution in [-0.4, -0.2) is 46.2 Å². The highest BCUT2D eigenvalue weighted by molar-refractivity contribution is 5.76. The molecule has 0 spiro atoms. The van der Waals surface area contributed by atoms with E-state index in [9.17, 15) is 15.0 Å². The minimum absolute atomic E-state index is 0.00308. The maximum Gasteiger partial charge on any atom is 0.220 e. The summed E-state index contributed by atoms with van der Waals surface area (Å²) in [6, 6.07) is 6.62. The van der Waals surface area contributed by atoms with Crippen LogP contribution < -0.4 is 5.32 Å². The Bertz CT molecular complexity index is 522. The van der Waals surface area contributed by atoms with Crippen LogP contribution in [0.4, 0.5) is 0 Å². The zero-order valence-electron chi connectivity index (χ0n) is 14.9. The zero-order valence-corrected chi connectivity index (χ0v) is 14.9. The first kappa shape index (κ1) is 18.7. The Hall–Kier alpha value is -1.59. The van der Waals surface area contributed by atoms with Crippen molar-refractivity contribution in [2.75, 3.05) is 13.1 Å². The molecule has 2 atom stereocenters. The highest BCUT2D eigenvalue weighted by Gasteiger charge is 2.24. The summed E-state index contributed by atoms with van der Waals surface area (Å²) < 4.78 is 0. The summed E-state index contributed by atoms with van der Waals surface area (Å²) in [4.78, 5) is 14.7. The Labute approximate surface area is 144 Å². The van der Waals surface area contributed by atoms with Crippen LogP contribution in [0.15, 0.2) is 24.3 Å². The molecule has 1 aliphatic rings. The predicted octanol–water partition coefficient (Wildman–Crippen LogP) is 2.44. The summed E-state index contributed by atoms with van der Waals surface area (Å²) in [6.07, 6.45) is 1.86. The van der Waals surface area contributed by atoms with Gasteiger partial charge in [0, 0.05) is 12.5 Å². The molecule has 24 heavy (non-hydrogen) atoms. The van der Waals surface area contributed by atoms with E-state index >= 15 is 0 Å². The van der Waals surface area contributed by atoms with Crippen molar-refractivity contribution >= 4 is 5.91 Å². The van der Waals surface area contributed by atoms with Crippen molar-refractivity contribution < 1.29 is 15.0 Å². The fourth-order valence-corrected chi connectivity index (χ4v) is 3.29. The molecule has 1 heterocycles. The van der Waals surface area contributed by atoms with Crippen molar-refractivity contribution in [3.63, 3.8) is 0 Å². The monoisotopic (exact) mass is 334 g/mol. The molecule has 2 rings (SSSR count). The van der Waals surface area contributed by atoms with Crippen LogP contribution in [0.3, 0.4) is 0 Å². The first-order valence-corrected chi connectivity index (χ1v) is 8.87. The average Bonchev–Trinajstić information content (AvgIpc) is 2.55. The van der Waals surface area contributed by atoms with Crippen molar-refractivity contribution in [3.05, 3.63) is 29.8 Å². The van der Waals surface area contributed by atoms with E-state index in [2.05, 4.69) is 24.1 Å². The number of hydrogen-bond donors (Lipinski definition) is 3. The van der Waals surface area contributed by atoms with Gasteiger partial charge >= 0.3 is 0 Å². The molecule has 1 fully saturated rings. The fourth-order valence-electron chi connectivity index (χ4n) is 3.29. The second-order valence-corrected chi connectivity index (χ2v) is 7.17. The maximum absolute atomic E-state index is 12.3. The molecule has 0 aromatic heterocycles. The van der Waals surface area contributed by atoms with Crippen LogP contribution in [0, 0.1) is 5.92 Å². The third-order valence-corrected chi connectivity index (χ3v) is 4.95. The smallest absolute Gasteiger partial charge is 0.220 e. The molecule has 5 heteroatoms. The van der Waals surface area contributed by atoms with Gasteiger partial charge in [-0.2, -0.15) is 0 Å².